The van der Waals surface area contributed by atoms with E-state index in [2.05, 4.69) is 37.0 Å². The second-order valence-corrected chi connectivity index (χ2v) is 8.42. The van der Waals surface area contributed by atoms with Crippen LogP contribution < -0.4 is 4.90 Å². The SMILES string of the molecule is CC[C@@H]1c2nncn2-c2cnc(-n3ccnc3-c3cscn3)nc2N1C1CCCC1. The van der Waals surface area contributed by atoms with Crippen LogP contribution in [-0.2, 0) is 0 Å². The third-order valence-corrected chi connectivity index (χ3v) is 6.66. The van der Waals surface area contributed by atoms with Crippen molar-refractivity contribution in [2.24, 2.45) is 0 Å². The Balaban J connectivity index is 1.52. The van der Waals surface area contributed by atoms with Gasteiger partial charge in [0.15, 0.2) is 17.5 Å². The van der Waals surface area contributed by atoms with Gasteiger partial charge in [0.1, 0.15) is 17.7 Å². The van der Waals surface area contributed by atoms with Crippen LogP contribution in [0.2, 0.25) is 0 Å². The van der Waals surface area contributed by atoms with Crippen LogP contribution in [0.25, 0.3) is 23.2 Å². The zero-order valence-electron chi connectivity index (χ0n) is 16.6. The quantitative estimate of drug-likeness (QED) is 0.499. The highest BCUT2D eigenvalue weighted by Gasteiger charge is 2.38. The van der Waals surface area contributed by atoms with Crippen LogP contribution >= 0.6 is 11.3 Å². The molecule has 152 valence electrons. The predicted molar refractivity (Wildman–Crippen MR) is 113 cm³/mol. The number of aromatic nitrogens is 8. The van der Waals surface area contributed by atoms with Gasteiger partial charge in [0.25, 0.3) is 0 Å². The lowest BCUT2D eigenvalue weighted by molar-refractivity contribution is 0.468. The molecule has 5 heterocycles. The largest absolute Gasteiger partial charge is 0.341 e. The van der Waals surface area contributed by atoms with Gasteiger partial charge in [0, 0.05) is 23.8 Å². The van der Waals surface area contributed by atoms with Crippen molar-refractivity contribution >= 4 is 17.2 Å². The number of nitrogens with zero attached hydrogens (tertiary/aromatic N) is 9. The van der Waals surface area contributed by atoms with Crippen LogP contribution in [-0.4, -0.2) is 45.3 Å². The van der Waals surface area contributed by atoms with E-state index in [9.17, 15) is 0 Å². The summed E-state index contributed by atoms with van der Waals surface area (Å²) < 4.78 is 3.94. The molecule has 1 aliphatic carbocycles. The fraction of sp³-hybridized carbons (Fsp3) is 0.400. The second kappa shape index (κ2) is 6.98. The molecular weight excluding hydrogens is 398 g/mol. The molecule has 1 saturated carbocycles. The summed E-state index contributed by atoms with van der Waals surface area (Å²) in [5.74, 6) is 3.27. The van der Waals surface area contributed by atoms with E-state index < -0.39 is 0 Å². The van der Waals surface area contributed by atoms with Gasteiger partial charge in [-0.2, -0.15) is 4.98 Å². The minimum absolute atomic E-state index is 0.159. The summed E-state index contributed by atoms with van der Waals surface area (Å²) in [4.78, 5) is 21.1. The lowest BCUT2D eigenvalue weighted by atomic mass is 10.0. The van der Waals surface area contributed by atoms with Crippen molar-refractivity contribution in [3.05, 3.63) is 41.6 Å². The highest BCUT2D eigenvalue weighted by atomic mass is 32.1. The summed E-state index contributed by atoms with van der Waals surface area (Å²) in [6.07, 6.45) is 13.1. The minimum atomic E-state index is 0.159. The molecule has 0 spiro atoms. The Bertz CT molecular complexity index is 1170. The Morgan fingerprint density at radius 2 is 2.03 bits per heavy atom. The van der Waals surface area contributed by atoms with Crippen molar-refractivity contribution in [2.75, 3.05) is 4.90 Å². The molecule has 1 fully saturated rings. The molecule has 0 radical (unpaired) electrons. The van der Waals surface area contributed by atoms with Crippen molar-refractivity contribution in [3.8, 4) is 23.2 Å². The monoisotopic (exact) mass is 419 g/mol. The predicted octanol–water partition coefficient (Wildman–Crippen LogP) is 3.58. The molecule has 0 unspecified atom stereocenters. The van der Waals surface area contributed by atoms with Crippen molar-refractivity contribution in [1.82, 2.24) is 39.3 Å². The zero-order valence-corrected chi connectivity index (χ0v) is 17.4. The first-order chi connectivity index (χ1) is 14.8. The highest BCUT2D eigenvalue weighted by Crippen LogP contribution is 2.42. The summed E-state index contributed by atoms with van der Waals surface area (Å²) in [5, 5.41) is 10.6. The third-order valence-electron chi connectivity index (χ3n) is 6.07. The smallest absolute Gasteiger partial charge is 0.237 e. The Labute approximate surface area is 177 Å². The summed E-state index contributed by atoms with van der Waals surface area (Å²) >= 11 is 1.55. The van der Waals surface area contributed by atoms with Gasteiger partial charge >= 0.3 is 0 Å². The fourth-order valence-corrected chi connectivity index (χ4v) is 5.26. The Morgan fingerprint density at radius 3 is 2.83 bits per heavy atom. The van der Waals surface area contributed by atoms with E-state index >= 15 is 0 Å². The number of anilines is 1. The molecule has 9 nitrogen and oxygen atoms in total. The van der Waals surface area contributed by atoms with E-state index in [0.29, 0.717) is 12.0 Å². The van der Waals surface area contributed by atoms with Crippen molar-refractivity contribution < 1.29 is 0 Å². The molecule has 2 aliphatic rings. The molecule has 0 N–H and O–H groups in total. The van der Waals surface area contributed by atoms with E-state index in [0.717, 1.165) is 35.3 Å². The van der Waals surface area contributed by atoms with Crippen LogP contribution in [0.3, 0.4) is 0 Å². The molecule has 0 bridgehead atoms. The summed E-state index contributed by atoms with van der Waals surface area (Å²) in [5.41, 5.74) is 3.57. The zero-order chi connectivity index (χ0) is 20.1. The van der Waals surface area contributed by atoms with Gasteiger partial charge in [0.05, 0.1) is 17.7 Å². The van der Waals surface area contributed by atoms with E-state index in [1.54, 1.807) is 23.9 Å². The standard InChI is InChI=1S/C20H21N9S/c1-2-15-19-26-24-11-28(19)16-9-22-20(25-18(16)29(15)13-5-3-4-6-13)27-8-7-21-17(27)14-10-30-12-23-14/h7-13,15H,2-6H2,1H3/t15-/m1/s1. The number of hydrogen-bond acceptors (Lipinski definition) is 8. The topological polar surface area (TPSA) is 90.4 Å². The van der Waals surface area contributed by atoms with Gasteiger partial charge in [-0.1, -0.05) is 19.8 Å². The Kier molecular flexibility index (Phi) is 4.12. The lowest BCUT2D eigenvalue weighted by Gasteiger charge is -2.40. The van der Waals surface area contributed by atoms with Gasteiger partial charge in [-0.25, -0.2) is 15.0 Å². The van der Waals surface area contributed by atoms with Gasteiger partial charge in [-0.15, -0.1) is 21.5 Å². The number of rotatable bonds is 4. The normalized spacial score (nSPS) is 18.6. The van der Waals surface area contributed by atoms with Crippen molar-refractivity contribution in [1.29, 1.82) is 0 Å². The molecule has 30 heavy (non-hydrogen) atoms. The first-order valence-electron chi connectivity index (χ1n) is 10.3. The number of imidazole rings is 1. The van der Waals surface area contributed by atoms with Crippen molar-refractivity contribution in [3.63, 3.8) is 0 Å². The molecule has 1 atom stereocenters. The fourth-order valence-electron chi connectivity index (χ4n) is 4.73. The first kappa shape index (κ1) is 17.7. The van der Waals surface area contributed by atoms with Gasteiger partial charge < -0.3 is 4.90 Å². The molecular formula is C20H21N9S. The van der Waals surface area contributed by atoms with Crippen molar-refractivity contribution in [2.45, 2.75) is 51.1 Å². The summed E-state index contributed by atoms with van der Waals surface area (Å²) in [6.45, 7) is 2.20. The summed E-state index contributed by atoms with van der Waals surface area (Å²) in [7, 11) is 0. The average Bonchev–Trinajstić information content (AvgIpc) is 3.57. The highest BCUT2D eigenvalue weighted by molar-refractivity contribution is 7.07. The maximum atomic E-state index is 5.07. The number of thiazole rings is 1. The first-order valence-corrected chi connectivity index (χ1v) is 11.3. The molecule has 0 aromatic carbocycles. The van der Waals surface area contributed by atoms with Crippen LogP contribution in [0, 0.1) is 0 Å². The second-order valence-electron chi connectivity index (χ2n) is 7.70. The molecule has 0 saturated heterocycles. The Hall–Kier alpha value is -3.14. The van der Waals surface area contributed by atoms with E-state index in [4.69, 9.17) is 4.98 Å². The van der Waals surface area contributed by atoms with Gasteiger partial charge in [0.2, 0.25) is 5.95 Å². The maximum Gasteiger partial charge on any atom is 0.237 e. The molecule has 6 rings (SSSR count). The Morgan fingerprint density at radius 1 is 1.13 bits per heavy atom. The molecule has 4 aromatic rings. The molecule has 4 aromatic heterocycles. The maximum absolute atomic E-state index is 5.07. The van der Waals surface area contributed by atoms with Gasteiger partial charge in [-0.3, -0.25) is 9.13 Å². The number of hydrogen-bond donors (Lipinski definition) is 0. The van der Waals surface area contributed by atoms with Crippen LogP contribution in [0.15, 0.2) is 35.8 Å². The van der Waals surface area contributed by atoms with Gasteiger partial charge in [-0.05, 0) is 19.3 Å². The van der Waals surface area contributed by atoms with E-state index in [-0.39, 0.29) is 6.04 Å². The van der Waals surface area contributed by atoms with E-state index in [1.165, 1.54) is 25.7 Å². The van der Waals surface area contributed by atoms with Crippen LogP contribution in [0.4, 0.5) is 5.82 Å². The van der Waals surface area contributed by atoms with Crippen LogP contribution in [0.5, 0.6) is 0 Å². The molecule has 10 heteroatoms. The lowest BCUT2D eigenvalue weighted by Crippen LogP contribution is -2.42. The van der Waals surface area contributed by atoms with Crippen LogP contribution in [0.1, 0.15) is 50.9 Å². The average molecular weight is 420 g/mol. The molecule has 1 aliphatic heterocycles. The van der Waals surface area contributed by atoms with E-state index in [1.807, 2.05) is 32.4 Å². The molecule has 0 amide bonds. The summed E-state index contributed by atoms with van der Waals surface area (Å²) in [6, 6.07) is 0.620. The minimum Gasteiger partial charge on any atom is -0.341 e. The number of fused-ring (bicyclic) bond motifs is 3. The third kappa shape index (κ3) is 2.59.